The van der Waals surface area contributed by atoms with Crippen molar-refractivity contribution in [3.8, 4) is 11.1 Å². The Kier molecular flexibility index (Phi) is 5.73. The third kappa shape index (κ3) is 4.16. The predicted octanol–water partition coefficient (Wildman–Crippen LogP) is 4.13. The van der Waals surface area contributed by atoms with Crippen molar-refractivity contribution in [2.24, 2.45) is 0 Å². The minimum absolute atomic E-state index is 0.149. The monoisotopic (exact) mass is 543 g/mol. The first-order valence-electron chi connectivity index (χ1n) is 10.3. The number of aromatic nitrogens is 3. The maximum Gasteiger partial charge on any atom is 0.251 e. The highest BCUT2D eigenvalue weighted by Crippen LogP contribution is 2.31. The molecule has 0 aliphatic carbocycles. The van der Waals surface area contributed by atoms with Gasteiger partial charge in [0.15, 0.2) is 0 Å². The van der Waals surface area contributed by atoms with Crippen LogP contribution in [0.4, 0.5) is 10.1 Å². The van der Waals surface area contributed by atoms with Crippen molar-refractivity contribution in [1.29, 1.82) is 0 Å². The summed E-state index contributed by atoms with van der Waals surface area (Å²) in [6, 6.07) is 10.4. The van der Waals surface area contributed by atoms with Gasteiger partial charge in [0.25, 0.3) is 5.56 Å². The molecule has 1 radical (unpaired) electrons. The standard InChI is InChI=1S/C24H21FIN4O2/c1-28-15-22(21-12-20(13-27-24(21)28)29-4-6-32-7-5-29)17-2-3-30(23(31)10-17)14-16-8-18(25)11-19(26)9-16/h2-3,8-13,15H,1,4-7,14H2. The number of fused-ring (bicyclic) bond motifs is 1. The average Bonchev–Trinajstić information content (AvgIpc) is 3.11. The molecule has 5 rings (SSSR count). The van der Waals surface area contributed by atoms with Crippen molar-refractivity contribution >= 4 is 39.3 Å². The van der Waals surface area contributed by atoms with Crippen LogP contribution in [0.1, 0.15) is 5.56 Å². The summed E-state index contributed by atoms with van der Waals surface area (Å²) in [5.74, 6) is -0.302. The third-order valence-corrected chi connectivity index (χ3v) is 6.28. The molecule has 32 heavy (non-hydrogen) atoms. The average molecular weight is 543 g/mol. The molecule has 8 heteroatoms. The van der Waals surface area contributed by atoms with E-state index in [1.807, 2.05) is 24.5 Å². The van der Waals surface area contributed by atoms with Gasteiger partial charge in [-0.1, -0.05) is 0 Å². The van der Waals surface area contributed by atoms with Gasteiger partial charge in [0, 0.05) is 53.1 Å². The summed E-state index contributed by atoms with van der Waals surface area (Å²) in [4.78, 5) is 19.7. The Morgan fingerprint density at radius 3 is 2.72 bits per heavy atom. The zero-order valence-electron chi connectivity index (χ0n) is 17.3. The lowest BCUT2D eigenvalue weighted by Gasteiger charge is -2.28. The molecular formula is C24H21FIN4O2. The number of ether oxygens (including phenoxy) is 1. The van der Waals surface area contributed by atoms with Crippen LogP contribution in [0, 0.1) is 16.4 Å². The van der Waals surface area contributed by atoms with E-state index >= 15 is 0 Å². The van der Waals surface area contributed by atoms with E-state index in [9.17, 15) is 9.18 Å². The van der Waals surface area contributed by atoms with Crippen molar-refractivity contribution < 1.29 is 9.13 Å². The second kappa shape index (κ2) is 8.67. The van der Waals surface area contributed by atoms with E-state index in [4.69, 9.17) is 4.74 Å². The fourth-order valence-electron chi connectivity index (χ4n) is 4.09. The largest absolute Gasteiger partial charge is 0.378 e. The molecule has 1 aliphatic heterocycles. The van der Waals surface area contributed by atoms with Crippen LogP contribution in [0.2, 0.25) is 0 Å². The molecule has 0 bridgehead atoms. The highest BCUT2D eigenvalue weighted by molar-refractivity contribution is 14.1. The van der Waals surface area contributed by atoms with Crippen molar-refractivity contribution in [3.63, 3.8) is 0 Å². The van der Waals surface area contributed by atoms with Gasteiger partial charge in [-0.2, -0.15) is 0 Å². The maximum absolute atomic E-state index is 13.7. The van der Waals surface area contributed by atoms with Crippen LogP contribution in [0.5, 0.6) is 0 Å². The first kappa shape index (κ1) is 21.1. The third-order valence-electron chi connectivity index (χ3n) is 5.66. The molecule has 1 aromatic carbocycles. The van der Waals surface area contributed by atoms with Gasteiger partial charge in [0.05, 0.1) is 31.6 Å². The van der Waals surface area contributed by atoms with Gasteiger partial charge in [-0.05, 0) is 64.0 Å². The normalized spacial score (nSPS) is 14.3. The molecule has 0 N–H and O–H groups in total. The number of nitrogens with zero attached hydrogens (tertiary/aromatic N) is 4. The van der Waals surface area contributed by atoms with Gasteiger partial charge >= 0.3 is 0 Å². The van der Waals surface area contributed by atoms with Gasteiger partial charge < -0.3 is 18.8 Å². The number of morpholine rings is 1. The van der Waals surface area contributed by atoms with Crippen LogP contribution in [-0.2, 0) is 11.3 Å². The summed E-state index contributed by atoms with van der Waals surface area (Å²) >= 11 is 2.07. The summed E-state index contributed by atoms with van der Waals surface area (Å²) in [5.41, 5.74) is 4.09. The minimum atomic E-state index is -0.302. The molecule has 0 amide bonds. The Labute approximate surface area is 198 Å². The fourth-order valence-corrected chi connectivity index (χ4v) is 4.79. The second-order valence-corrected chi connectivity index (χ2v) is 9.08. The Bertz CT molecular complexity index is 1340. The topological polar surface area (TPSA) is 52.3 Å². The molecule has 4 aromatic rings. The van der Waals surface area contributed by atoms with Crippen molar-refractivity contribution in [3.05, 3.63) is 87.3 Å². The number of hydrogen-bond donors (Lipinski definition) is 0. The van der Waals surface area contributed by atoms with E-state index in [0.717, 1.165) is 50.1 Å². The Morgan fingerprint density at radius 2 is 1.97 bits per heavy atom. The highest BCUT2D eigenvalue weighted by atomic mass is 127. The number of pyridine rings is 2. The molecule has 0 saturated carbocycles. The van der Waals surface area contributed by atoms with E-state index in [0.29, 0.717) is 19.8 Å². The number of anilines is 1. The Hall–Kier alpha value is -2.72. The van der Waals surface area contributed by atoms with Crippen LogP contribution in [0.25, 0.3) is 22.2 Å². The van der Waals surface area contributed by atoms with Crippen LogP contribution in [0.3, 0.4) is 0 Å². The number of benzene rings is 1. The number of rotatable bonds is 4. The summed E-state index contributed by atoms with van der Waals surface area (Å²) < 4.78 is 23.3. The van der Waals surface area contributed by atoms with Crippen molar-refractivity contribution in [2.75, 3.05) is 31.2 Å². The smallest absolute Gasteiger partial charge is 0.251 e. The molecule has 3 aromatic heterocycles. The molecule has 0 spiro atoms. The SMILES string of the molecule is [CH2]n1cc(-c2ccn(Cc3cc(F)cc(I)c3)c(=O)c2)c2cc(N3CCOCC3)cnc21. The van der Waals surface area contributed by atoms with Crippen LogP contribution in [-0.4, -0.2) is 40.4 Å². The van der Waals surface area contributed by atoms with Gasteiger partial charge in [-0.25, -0.2) is 9.37 Å². The minimum Gasteiger partial charge on any atom is -0.378 e. The zero-order valence-corrected chi connectivity index (χ0v) is 19.5. The van der Waals surface area contributed by atoms with Crippen LogP contribution < -0.4 is 10.5 Å². The highest BCUT2D eigenvalue weighted by Gasteiger charge is 2.16. The summed E-state index contributed by atoms with van der Waals surface area (Å²) in [7, 11) is 4.05. The lowest BCUT2D eigenvalue weighted by Crippen LogP contribution is -2.36. The lowest BCUT2D eigenvalue weighted by molar-refractivity contribution is 0.122. The van der Waals surface area contributed by atoms with Crippen LogP contribution in [0.15, 0.2) is 59.8 Å². The first-order chi connectivity index (χ1) is 15.5. The first-order valence-corrected chi connectivity index (χ1v) is 11.4. The number of hydrogen-bond acceptors (Lipinski definition) is 4. The van der Waals surface area contributed by atoms with Gasteiger partial charge in [0.2, 0.25) is 0 Å². The van der Waals surface area contributed by atoms with Gasteiger partial charge in [0.1, 0.15) is 11.5 Å². The molecule has 6 nitrogen and oxygen atoms in total. The Morgan fingerprint density at radius 1 is 1.16 bits per heavy atom. The quantitative estimate of drug-likeness (QED) is 0.364. The molecule has 4 heterocycles. The molecule has 1 fully saturated rings. The fraction of sp³-hybridized carbons (Fsp3) is 0.208. The Balaban J connectivity index is 1.50. The van der Waals surface area contributed by atoms with Gasteiger partial charge in [-0.3, -0.25) is 4.79 Å². The predicted molar refractivity (Wildman–Crippen MR) is 131 cm³/mol. The molecule has 0 atom stereocenters. The van der Waals surface area contributed by atoms with Gasteiger partial charge in [-0.15, -0.1) is 0 Å². The van der Waals surface area contributed by atoms with E-state index in [1.165, 1.54) is 12.1 Å². The molecule has 1 saturated heterocycles. The zero-order chi connectivity index (χ0) is 22.2. The summed E-state index contributed by atoms with van der Waals surface area (Å²) in [5, 5.41) is 0.945. The maximum atomic E-state index is 13.7. The molecule has 163 valence electrons. The molecular weight excluding hydrogens is 522 g/mol. The number of halogens is 2. The van der Waals surface area contributed by atoms with Crippen molar-refractivity contribution in [2.45, 2.75) is 6.54 Å². The van der Waals surface area contributed by atoms with E-state index in [2.05, 4.69) is 45.6 Å². The second-order valence-electron chi connectivity index (χ2n) is 7.84. The van der Waals surface area contributed by atoms with Crippen molar-refractivity contribution in [1.82, 2.24) is 14.1 Å². The molecule has 0 unspecified atom stereocenters. The summed E-state index contributed by atoms with van der Waals surface area (Å²) in [6.45, 7) is 3.35. The summed E-state index contributed by atoms with van der Waals surface area (Å²) in [6.07, 6.45) is 5.51. The lowest BCUT2D eigenvalue weighted by atomic mass is 10.1. The van der Waals surface area contributed by atoms with E-state index < -0.39 is 0 Å². The molecule has 1 aliphatic rings. The van der Waals surface area contributed by atoms with E-state index in [1.54, 1.807) is 21.4 Å². The van der Waals surface area contributed by atoms with Crippen LogP contribution >= 0.6 is 22.6 Å². The van der Waals surface area contributed by atoms with E-state index in [-0.39, 0.29) is 11.4 Å².